The van der Waals surface area contributed by atoms with E-state index in [1.165, 1.54) is 0 Å². The molecule has 1 rings (SSSR count). The first-order chi connectivity index (χ1) is 6.74. The second-order valence-electron chi connectivity index (χ2n) is 3.83. The fourth-order valence-electron chi connectivity index (χ4n) is 1.55. The standard InChI is InChI=1S/C10H20N2OS/c1-8(14-2)6-12-10(13)9-4-3-5-11-7-9/h8-9,11H,3-7H2,1-2H3,(H,12,13)/t8-,9+/m0/s1. The largest absolute Gasteiger partial charge is 0.355 e. The van der Waals surface area contributed by atoms with Gasteiger partial charge >= 0.3 is 0 Å². The molecular weight excluding hydrogens is 196 g/mol. The fraction of sp³-hybridized carbons (Fsp3) is 0.900. The van der Waals surface area contributed by atoms with Gasteiger partial charge in [0.2, 0.25) is 5.91 Å². The molecule has 0 bridgehead atoms. The average molecular weight is 216 g/mol. The summed E-state index contributed by atoms with van der Waals surface area (Å²) in [6.07, 6.45) is 4.22. The quantitative estimate of drug-likeness (QED) is 0.732. The highest BCUT2D eigenvalue weighted by Crippen LogP contribution is 2.10. The van der Waals surface area contributed by atoms with E-state index < -0.39 is 0 Å². The lowest BCUT2D eigenvalue weighted by Gasteiger charge is -2.22. The van der Waals surface area contributed by atoms with Crippen molar-refractivity contribution >= 4 is 17.7 Å². The summed E-state index contributed by atoms with van der Waals surface area (Å²) in [6, 6.07) is 0. The number of carbonyl (C=O) groups excluding carboxylic acids is 1. The highest BCUT2D eigenvalue weighted by molar-refractivity contribution is 7.99. The highest BCUT2D eigenvalue weighted by atomic mass is 32.2. The van der Waals surface area contributed by atoms with Crippen LogP contribution < -0.4 is 10.6 Å². The summed E-state index contributed by atoms with van der Waals surface area (Å²) in [7, 11) is 0. The number of rotatable bonds is 4. The van der Waals surface area contributed by atoms with Gasteiger partial charge in [0.15, 0.2) is 0 Å². The second-order valence-corrected chi connectivity index (χ2v) is 5.11. The van der Waals surface area contributed by atoms with Crippen LogP contribution in [0.15, 0.2) is 0 Å². The minimum Gasteiger partial charge on any atom is -0.355 e. The van der Waals surface area contributed by atoms with Crippen molar-refractivity contribution in [1.82, 2.24) is 10.6 Å². The second kappa shape index (κ2) is 6.30. The van der Waals surface area contributed by atoms with Crippen molar-refractivity contribution in [3.8, 4) is 0 Å². The molecule has 1 fully saturated rings. The van der Waals surface area contributed by atoms with E-state index in [0.717, 1.165) is 32.5 Å². The molecule has 0 saturated carbocycles. The normalized spacial score (nSPS) is 24.3. The smallest absolute Gasteiger partial charge is 0.224 e. The van der Waals surface area contributed by atoms with Crippen molar-refractivity contribution in [2.24, 2.45) is 5.92 Å². The molecule has 3 nitrogen and oxygen atoms in total. The van der Waals surface area contributed by atoms with Gasteiger partial charge in [-0.05, 0) is 25.6 Å². The minimum atomic E-state index is 0.192. The molecule has 0 aromatic rings. The predicted molar refractivity (Wildman–Crippen MR) is 61.6 cm³/mol. The van der Waals surface area contributed by atoms with Gasteiger partial charge in [-0.2, -0.15) is 11.8 Å². The highest BCUT2D eigenvalue weighted by Gasteiger charge is 2.20. The lowest BCUT2D eigenvalue weighted by molar-refractivity contribution is -0.125. The zero-order valence-corrected chi connectivity index (χ0v) is 9.82. The first-order valence-corrected chi connectivity index (χ1v) is 6.54. The van der Waals surface area contributed by atoms with Crippen molar-refractivity contribution in [3.05, 3.63) is 0 Å². The molecule has 2 N–H and O–H groups in total. The van der Waals surface area contributed by atoms with Crippen LogP contribution in [0.3, 0.4) is 0 Å². The summed E-state index contributed by atoms with van der Waals surface area (Å²) < 4.78 is 0. The Hall–Kier alpha value is -0.220. The van der Waals surface area contributed by atoms with Gasteiger partial charge in [-0.1, -0.05) is 6.92 Å². The molecule has 1 aliphatic heterocycles. The summed E-state index contributed by atoms with van der Waals surface area (Å²) in [5, 5.41) is 6.76. The molecule has 0 aromatic carbocycles. The van der Waals surface area contributed by atoms with E-state index in [4.69, 9.17) is 0 Å². The molecule has 0 unspecified atom stereocenters. The van der Waals surface area contributed by atoms with Crippen LogP contribution in [0.4, 0.5) is 0 Å². The van der Waals surface area contributed by atoms with Crippen LogP contribution >= 0.6 is 11.8 Å². The summed E-state index contributed by atoms with van der Waals surface area (Å²) >= 11 is 1.78. The van der Waals surface area contributed by atoms with Gasteiger partial charge in [0, 0.05) is 18.3 Å². The Bertz CT molecular complexity index is 181. The monoisotopic (exact) mass is 216 g/mol. The summed E-state index contributed by atoms with van der Waals surface area (Å²) in [6.45, 7) is 4.82. The number of carbonyl (C=O) groups is 1. The van der Waals surface area contributed by atoms with Crippen molar-refractivity contribution in [2.45, 2.75) is 25.0 Å². The van der Waals surface area contributed by atoms with Gasteiger partial charge in [-0.15, -0.1) is 0 Å². The summed E-state index contributed by atoms with van der Waals surface area (Å²) in [4.78, 5) is 11.7. The molecule has 0 aliphatic carbocycles. The summed E-state index contributed by atoms with van der Waals surface area (Å²) in [5.74, 6) is 0.413. The van der Waals surface area contributed by atoms with Crippen LogP contribution in [-0.4, -0.2) is 37.0 Å². The number of hydrogen-bond donors (Lipinski definition) is 2. The van der Waals surface area contributed by atoms with Gasteiger partial charge in [0.1, 0.15) is 0 Å². The van der Waals surface area contributed by atoms with Gasteiger partial charge in [0.25, 0.3) is 0 Å². The minimum absolute atomic E-state index is 0.192. The number of hydrogen-bond acceptors (Lipinski definition) is 3. The maximum atomic E-state index is 11.7. The van der Waals surface area contributed by atoms with Crippen molar-refractivity contribution < 1.29 is 4.79 Å². The van der Waals surface area contributed by atoms with E-state index in [1.54, 1.807) is 11.8 Å². The van der Waals surface area contributed by atoms with E-state index in [9.17, 15) is 4.79 Å². The molecule has 82 valence electrons. The molecule has 14 heavy (non-hydrogen) atoms. The molecule has 1 heterocycles. The van der Waals surface area contributed by atoms with E-state index in [1.807, 2.05) is 0 Å². The van der Waals surface area contributed by atoms with Crippen LogP contribution in [0.5, 0.6) is 0 Å². The topological polar surface area (TPSA) is 41.1 Å². The van der Waals surface area contributed by atoms with Gasteiger partial charge in [-0.3, -0.25) is 4.79 Å². The van der Waals surface area contributed by atoms with Crippen molar-refractivity contribution in [1.29, 1.82) is 0 Å². The third-order valence-corrected chi connectivity index (χ3v) is 3.61. The maximum Gasteiger partial charge on any atom is 0.224 e. The SMILES string of the molecule is CS[C@@H](C)CNC(=O)[C@@H]1CCCNC1. The Balaban J connectivity index is 2.19. The molecule has 0 spiro atoms. The van der Waals surface area contributed by atoms with Gasteiger partial charge in [0.05, 0.1) is 5.92 Å². The Labute approximate surface area is 90.4 Å². The third-order valence-electron chi connectivity index (χ3n) is 2.63. The van der Waals surface area contributed by atoms with Gasteiger partial charge < -0.3 is 10.6 Å². The average Bonchev–Trinajstić information content (AvgIpc) is 2.26. The third kappa shape index (κ3) is 3.88. The Morgan fingerprint density at radius 1 is 1.71 bits per heavy atom. The Kier molecular flexibility index (Phi) is 5.33. The lowest BCUT2D eigenvalue weighted by Crippen LogP contribution is -2.42. The van der Waals surface area contributed by atoms with E-state index in [2.05, 4.69) is 23.8 Å². The summed E-state index contributed by atoms with van der Waals surface area (Å²) in [5.41, 5.74) is 0. The van der Waals surface area contributed by atoms with Gasteiger partial charge in [-0.25, -0.2) is 0 Å². The first kappa shape index (κ1) is 11.9. The predicted octanol–water partition coefficient (Wildman–Crippen LogP) is 0.854. The molecule has 0 radical (unpaired) electrons. The Morgan fingerprint density at radius 3 is 3.07 bits per heavy atom. The molecule has 0 aromatic heterocycles. The molecule has 1 amide bonds. The van der Waals surface area contributed by atoms with Crippen LogP contribution in [0.2, 0.25) is 0 Å². The zero-order valence-electron chi connectivity index (χ0n) is 9.01. The van der Waals surface area contributed by atoms with Crippen LogP contribution in [0.1, 0.15) is 19.8 Å². The molecular formula is C10H20N2OS. The molecule has 2 atom stereocenters. The van der Waals surface area contributed by atoms with Crippen LogP contribution in [0.25, 0.3) is 0 Å². The molecule has 1 aliphatic rings. The number of nitrogens with one attached hydrogen (secondary N) is 2. The molecule has 4 heteroatoms. The maximum absolute atomic E-state index is 11.7. The van der Waals surface area contributed by atoms with Crippen LogP contribution in [0, 0.1) is 5.92 Å². The number of amides is 1. The molecule has 1 saturated heterocycles. The van der Waals surface area contributed by atoms with E-state index in [-0.39, 0.29) is 11.8 Å². The van der Waals surface area contributed by atoms with E-state index in [0.29, 0.717) is 5.25 Å². The zero-order chi connectivity index (χ0) is 10.4. The number of piperidine rings is 1. The van der Waals surface area contributed by atoms with Crippen molar-refractivity contribution in [2.75, 3.05) is 25.9 Å². The van der Waals surface area contributed by atoms with E-state index >= 15 is 0 Å². The van der Waals surface area contributed by atoms with Crippen molar-refractivity contribution in [3.63, 3.8) is 0 Å². The van der Waals surface area contributed by atoms with Crippen LogP contribution in [-0.2, 0) is 4.79 Å². The first-order valence-electron chi connectivity index (χ1n) is 5.25. The number of thioether (sulfide) groups is 1. The Morgan fingerprint density at radius 2 is 2.50 bits per heavy atom. The fourth-order valence-corrected chi connectivity index (χ4v) is 1.80. The lowest BCUT2D eigenvalue weighted by atomic mass is 9.99.